The normalized spacial score (nSPS) is 12.2. The van der Waals surface area contributed by atoms with E-state index in [1.54, 1.807) is 6.08 Å². The monoisotopic (exact) mass is 291 g/mol. The molecule has 0 aromatic heterocycles. The summed E-state index contributed by atoms with van der Waals surface area (Å²) in [5.74, 6) is -0.115. The summed E-state index contributed by atoms with van der Waals surface area (Å²) in [7, 11) is 1.30. The second-order valence-electron chi connectivity index (χ2n) is 4.78. The Morgan fingerprint density at radius 3 is 2.48 bits per heavy atom. The summed E-state index contributed by atoms with van der Waals surface area (Å²) in [6, 6.07) is 8.65. The fraction of sp³-hybridized carbons (Fsp3) is 0.375. The van der Waals surface area contributed by atoms with Crippen molar-refractivity contribution in [3.05, 3.63) is 42.5 Å². The number of carbonyl (C=O) groups is 2. The first kappa shape index (κ1) is 16.8. The minimum atomic E-state index is -0.651. The molecule has 0 bridgehead atoms. The molecule has 0 saturated carbocycles. The summed E-state index contributed by atoms with van der Waals surface area (Å²) >= 11 is 0. The van der Waals surface area contributed by atoms with Crippen LogP contribution in [0, 0.1) is 5.92 Å². The van der Waals surface area contributed by atoms with Crippen LogP contribution in [-0.4, -0.2) is 31.6 Å². The second-order valence-corrected chi connectivity index (χ2v) is 4.78. The molecular formula is C16H21NO4. The van der Waals surface area contributed by atoms with Crippen molar-refractivity contribution in [3.8, 4) is 5.75 Å². The van der Waals surface area contributed by atoms with E-state index in [1.807, 2.05) is 44.2 Å². The maximum Gasteiger partial charge on any atom is 0.328 e. The number of esters is 1. The lowest BCUT2D eigenvalue weighted by Crippen LogP contribution is -2.44. The average molecular weight is 291 g/mol. The summed E-state index contributed by atoms with van der Waals surface area (Å²) in [6.45, 7) is 3.95. The molecule has 1 aromatic carbocycles. The van der Waals surface area contributed by atoms with Crippen molar-refractivity contribution in [1.82, 2.24) is 5.32 Å². The summed E-state index contributed by atoms with van der Waals surface area (Å²) < 4.78 is 10.1. The van der Waals surface area contributed by atoms with E-state index >= 15 is 0 Å². The number of rotatable bonds is 7. The van der Waals surface area contributed by atoms with Crippen LogP contribution in [0.3, 0.4) is 0 Å². The van der Waals surface area contributed by atoms with Crippen molar-refractivity contribution in [2.75, 3.05) is 13.7 Å². The number of nitrogens with one attached hydrogen (secondary N) is 1. The molecule has 1 atom stereocenters. The fourth-order valence-electron chi connectivity index (χ4n) is 1.64. The lowest BCUT2D eigenvalue weighted by atomic mass is 10.0. The number of hydrogen-bond acceptors (Lipinski definition) is 4. The highest BCUT2D eigenvalue weighted by Crippen LogP contribution is 2.07. The van der Waals surface area contributed by atoms with Crippen LogP contribution in [0.1, 0.15) is 13.8 Å². The van der Waals surface area contributed by atoms with Gasteiger partial charge in [0.25, 0.3) is 0 Å². The number of para-hydroxylation sites is 1. The van der Waals surface area contributed by atoms with Crippen LogP contribution in [-0.2, 0) is 14.3 Å². The molecule has 0 saturated heterocycles. The molecule has 1 N–H and O–H groups in total. The molecular weight excluding hydrogens is 270 g/mol. The molecule has 21 heavy (non-hydrogen) atoms. The molecule has 1 amide bonds. The average Bonchev–Trinajstić information content (AvgIpc) is 2.49. The molecule has 114 valence electrons. The van der Waals surface area contributed by atoms with Gasteiger partial charge in [-0.25, -0.2) is 4.79 Å². The fourth-order valence-corrected chi connectivity index (χ4v) is 1.64. The Morgan fingerprint density at radius 2 is 1.90 bits per heavy atom. The molecule has 0 aliphatic heterocycles. The standard InChI is InChI=1S/C16H21NO4/c1-12(2)15(16(19)20-3)17-14(18)10-7-11-21-13-8-5-4-6-9-13/h4-10,12,15H,11H2,1-3H3,(H,17,18)/b10-7+/t15-/m0/s1. The molecule has 0 heterocycles. The molecule has 5 heteroatoms. The molecule has 0 unspecified atom stereocenters. The molecule has 5 nitrogen and oxygen atoms in total. The number of ether oxygens (including phenoxy) is 2. The Hall–Kier alpha value is -2.30. The molecule has 0 aliphatic rings. The maximum absolute atomic E-state index is 11.7. The largest absolute Gasteiger partial charge is 0.490 e. The molecule has 0 fully saturated rings. The van der Waals surface area contributed by atoms with Gasteiger partial charge in [-0.15, -0.1) is 0 Å². The zero-order valence-electron chi connectivity index (χ0n) is 12.5. The Labute approximate surface area is 124 Å². The zero-order valence-corrected chi connectivity index (χ0v) is 12.5. The van der Waals surface area contributed by atoms with E-state index in [0.717, 1.165) is 5.75 Å². The number of benzene rings is 1. The summed E-state index contributed by atoms with van der Waals surface area (Å²) in [6.07, 6.45) is 2.94. The van der Waals surface area contributed by atoms with Crippen LogP contribution in [0.2, 0.25) is 0 Å². The Morgan fingerprint density at radius 1 is 1.24 bits per heavy atom. The Kier molecular flexibility index (Phi) is 7.01. The predicted molar refractivity (Wildman–Crippen MR) is 79.9 cm³/mol. The first-order valence-electron chi connectivity index (χ1n) is 6.77. The molecule has 1 rings (SSSR count). The molecule has 1 aromatic rings. The second kappa shape index (κ2) is 8.79. The summed E-state index contributed by atoms with van der Waals surface area (Å²) in [5, 5.41) is 2.61. The first-order valence-corrected chi connectivity index (χ1v) is 6.77. The van der Waals surface area contributed by atoms with Crippen molar-refractivity contribution in [2.24, 2.45) is 5.92 Å². The van der Waals surface area contributed by atoms with Crippen molar-refractivity contribution in [2.45, 2.75) is 19.9 Å². The van der Waals surface area contributed by atoms with E-state index in [9.17, 15) is 9.59 Å². The van der Waals surface area contributed by atoms with E-state index in [0.29, 0.717) is 0 Å². The minimum Gasteiger partial charge on any atom is -0.490 e. The third kappa shape index (κ3) is 6.12. The van der Waals surface area contributed by atoms with Gasteiger partial charge < -0.3 is 14.8 Å². The van der Waals surface area contributed by atoms with Crippen LogP contribution in [0.25, 0.3) is 0 Å². The predicted octanol–water partition coefficient (Wildman–Crippen LogP) is 1.94. The molecule has 0 spiro atoms. The smallest absolute Gasteiger partial charge is 0.328 e. The van der Waals surface area contributed by atoms with Crippen LogP contribution >= 0.6 is 0 Å². The third-order valence-corrected chi connectivity index (χ3v) is 2.78. The number of amides is 1. The van der Waals surface area contributed by atoms with Crippen molar-refractivity contribution in [3.63, 3.8) is 0 Å². The van der Waals surface area contributed by atoms with Gasteiger partial charge in [-0.1, -0.05) is 32.0 Å². The van der Waals surface area contributed by atoms with E-state index in [-0.39, 0.29) is 18.4 Å². The van der Waals surface area contributed by atoms with Gasteiger partial charge >= 0.3 is 5.97 Å². The quantitative estimate of drug-likeness (QED) is 0.616. The maximum atomic E-state index is 11.7. The SMILES string of the molecule is COC(=O)[C@@H](NC(=O)/C=C/COc1ccccc1)C(C)C. The van der Waals surface area contributed by atoms with Gasteiger partial charge in [0.05, 0.1) is 7.11 Å². The Balaban J connectivity index is 2.41. The highest BCUT2D eigenvalue weighted by molar-refractivity contribution is 5.91. The van der Waals surface area contributed by atoms with Crippen molar-refractivity contribution in [1.29, 1.82) is 0 Å². The molecule has 0 aliphatic carbocycles. The number of methoxy groups -OCH3 is 1. The lowest BCUT2D eigenvalue weighted by molar-refractivity contribution is -0.145. The topological polar surface area (TPSA) is 64.6 Å². The summed E-state index contributed by atoms with van der Waals surface area (Å²) in [4.78, 5) is 23.2. The highest BCUT2D eigenvalue weighted by atomic mass is 16.5. The van der Waals surface area contributed by atoms with Crippen LogP contribution < -0.4 is 10.1 Å². The van der Waals surface area contributed by atoms with Gasteiger partial charge in [-0.2, -0.15) is 0 Å². The van der Waals surface area contributed by atoms with Gasteiger partial charge in [-0.3, -0.25) is 4.79 Å². The third-order valence-electron chi connectivity index (χ3n) is 2.78. The van der Waals surface area contributed by atoms with Crippen molar-refractivity contribution >= 4 is 11.9 Å². The van der Waals surface area contributed by atoms with Crippen LogP contribution in [0.15, 0.2) is 42.5 Å². The lowest BCUT2D eigenvalue weighted by Gasteiger charge is -2.18. The molecule has 0 radical (unpaired) electrons. The number of carbonyl (C=O) groups excluding carboxylic acids is 2. The van der Waals surface area contributed by atoms with Crippen molar-refractivity contribution < 1.29 is 19.1 Å². The van der Waals surface area contributed by atoms with Gasteiger partial charge in [0.2, 0.25) is 5.91 Å². The van der Waals surface area contributed by atoms with Gasteiger partial charge in [0, 0.05) is 6.08 Å². The Bertz CT molecular complexity index is 482. The van der Waals surface area contributed by atoms with Gasteiger partial charge in [0.1, 0.15) is 18.4 Å². The van der Waals surface area contributed by atoms with Gasteiger partial charge in [-0.05, 0) is 24.1 Å². The van der Waals surface area contributed by atoms with Crippen LogP contribution in [0.5, 0.6) is 5.75 Å². The highest BCUT2D eigenvalue weighted by Gasteiger charge is 2.23. The number of hydrogen-bond donors (Lipinski definition) is 1. The van der Waals surface area contributed by atoms with E-state index in [4.69, 9.17) is 4.74 Å². The minimum absolute atomic E-state index is 0.0460. The summed E-state index contributed by atoms with van der Waals surface area (Å²) in [5.41, 5.74) is 0. The van der Waals surface area contributed by atoms with Gasteiger partial charge in [0.15, 0.2) is 0 Å². The van der Waals surface area contributed by atoms with Crippen LogP contribution in [0.4, 0.5) is 0 Å². The van der Waals surface area contributed by atoms with E-state index in [2.05, 4.69) is 10.1 Å². The van der Waals surface area contributed by atoms with E-state index < -0.39 is 12.0 Å². The van der Waals surface area contributed by atoms with E-state index in [1.165, 1.54) is 13.2 Å². The zero-order chi connectivity index (χ0) is 15.7. The first-order chi connectivity index (χ1) is 10.0.